The van der Waals surface area contributed by atoms with Crippen LogP contribution in [-0.2, 0) is 12.0 Å². The number of hydrogen-bond acceptors (Lipinski definition) is 2. The number of aromatic hydroxyl groups is 1. The molecule has 0 atom stereocenters. The van der Waals surface area contributed by atoms with E-state index in [1.54, 1.807) is 0 Å². The third-order valence-corrected chi connectivity index (χ3v) is 6.39. The number of phenols is 1. The minimum Gasteiger partial charge on any atom is -0.507 e. The van der Waals surface area contributed by atoms with E-state index in [0.29, 0.717) is 11.3 Å². The Morgan fingerprint density at radius 3 is 2.10 bits per heavy atom. The van der Waals surface area contributed by atoms with Gasteiger partial charge in [0.2, 0.25) is 0 Å². The van der Waals surface area contributed by atoms with E-state index in [2.05, 4.69) is 22.0 Å². The lowest BCUT2D eigenvalue weighted by molar-refractivity contribution is -0.00626. The highest BCUT2D eigenvalue weighted by molar-refractivity contribution is 9.10. The summed E-state index contributed by atoms with van der Waals surface area (Å²) in [5.41, 5.74) is 1.92. The van der Waals surface area contributed by atoms with E-state index in [9.17, 15) is 10.2 Å². The van der Waals surface area contributed by atoms with E-state index < -0.39 is 0 Å². The Kier molecular flexibility index (Phi) is 2.94. The predicted molar refractivity (Wildman–Crippen MR) is 81.6 cm³/mol. The molecule has 0 spiro atoms. The van der Waals surface area contributed by atoms with Gasteiger partial charge in [-0.15, -0.1) is 0 Å². The standard InChI is InChI=1S/C17H21BrO2/c18-14-4-13(9-19)16(20)15(5-14)17-6-10-1-11(7-17)3-12(2-10)8-17/h4-5,10-12,19-20H,1-3,6-9H2. The Bertz CT molecular complexity index is 517. The summed E-state index contributed by atoms with van der Waals surface area (Å²) in [6, 6.07) is 3.93. The summed E-state index contributed by atoms with van der Waals surface area (Å²) < 4.78 is 0.977. The molecule has 1 aromatic rings. The lowest BCUT2D eigenvalue weighted by Gasteiger charge is -2.57. The zero-order valence-electron chi connectivity index (χ0n) is 11.6. The fourth-order valence-electron chi connectivity index (χ4n) is 5.62. The van der Waals surface area contributed by atoms with Crippen molar-refractivity contribution in [3.05, 3.63) is 27.7 Å². The number of aliphatic hydroxyl groups excluding tert-OH is 1. The molecular weight excluding hydrogens is 316 g/mol. The predicted octanol–water partition coefficient (Wildman–Crippen LogP) is 4.11. The Hall–Kier alpha value is -0.540. The molecule has 2 nitrogen and oxygen atoms in total. The van der Waals surface area contributed by atoms with Crippen molar-refractivity contribution in [3.63, 3.8) is 0 Å². The molecule has 4 fully saturated rings. The number of aliphatic hydroxyl groups is 1. The molecule has 2 N–H and O–H groups in total. The van der Waals surface area contributed by atoms with E-state index in [1.807, 2.05) is 6.07 Å². The van der Waals surface area contributed by atoms with E-state index in [-0.39, 0.29) is 12.0 Å². The molecule has 1 aromatic carbocycles. The lowest BCUT2D eigenvalue weighted by Crippen LogP contribution is -2.48. The van der Waals surface area contributed by atoms with Crippen LogP contribution in [0.1, 0.15) is 49.7 Å². The van der Waals surface area contributed by atoms with Crippen LogP contribution >= 0.6 is 15.9 Å². The molecule has 0 saturated heterocycles. The highest BCUT2D eigenvalue weighted by Gasteiger charge is 2.52. The number of hydrogen-bond donors (Lipinski definition) is 2. The molecule has 20 heavy (non-hydrogen) atoms. The van der Waals surface area contributed by atoms with Crippen molar-refractivity contribution in [2.75, 3.05) is 0 Å². The van der Waals surface area contributed by atoms with Gasteiger partial charge in [0.25, 0.3) is 0 Å². The number of benzene rings is 1. The molecule has 0 aromatic heterocycles. The summed E-state index contributed by atoms with van der Waals surface area (Å²) in [6.45, 7) is -0.0926. The number of halogens is 1. The first kappa shape index (κ1) is 13.1. The van der Waals surface area contributed by atoms with Crippen LogP contribution < -0.4 is 0 Å². The van der Waals surface area contributed by atoms with Gasteiger partial charge in [0, 0.05) is 15.6 Å². The third-order valence-electron chi connectivity index (χ3n) is 5.93. The van der Waals surface area contributed by atoms with Crippen LogP contribution in [-0.4, -0.2) is 10.2 Å². The molecule has 0 unspecified atom stereocenters. The van der Waals surface area contributed by atoms with Crippen molar-refractivity contribution in [3.8, 4) is 5.75 Å². The summed E-state index contributed by atoms with van der Waals surface area (Å²) in [4.78, 5) is 0. The van der Waals surface area contributed by atoms with Crippen molar-refractivity contribution in [2.24, 2.45) is 17.8 Å². The first-order valence-corrected chi connectivity index (χ1v) is 8.51. The molecule has 108 valence electrons. The molecule has 4 aliphatic carbocycles. The maximum Gasteiger partial charge on any atom is 0.124 e. The molecule has 4 saturated carbocycles. The zero-order valence-corrected chi connectivity index (χ0v) is 13.2. The van der Waals surface area contributed by atoms with E-state index in [4.69, 9.17) is 0 Å². The third kappa shape index (κ3) is 1.86. The summed E-state index contributed by atoms with van der Waals surface area (Å²) >= 11 is 3.55. The van der Waals surface area contributed by atoms with Crippen molar-refractivity contribution in [2.45, 2.75) is 50.5 Å². The molecule has 0 amide bonds. The van der Waals surface area contributed by atoms with Crippen LogP contribution in [0.5, 0.6) is 5.75 Å². The van der Waals surface area contributed by atoms with Crippen molar-refractivity contribution in [1.82, 2.24) is 0 Å². The average molecular weight is 337 g/mol. The van der Waals surface area contributed by atoms with Crippen molar-refractivity contribution >= 4 is 15.9 Å². The maximum absolute atomic E-state index is 10.6. The maximum atomic E-state index is 10.6. The minimum atomic E-state index is -0.0926. The molecular formula is C17H21BrO2. The monoisotopic (exact) mass is 336 g/mol. The Morgan fingerprint density at radius 2 is 1.60 bits per heavy atom. The molecule has 4 aliphatic rings. The van der Waals surface area contributed by atoms with Gasteiger partial charge >= 0.3 is 0 Å². The second-order valence-corrected chi connectivity index (χ2v) is 8.23. The van der Waals surface area contributed by atoms with Gasteiger partial charge in [-0.05, 0) is 73.8 Å². The molecule has 0 aliphatic heterocycles. The van der Waals surface area contributed by atoms with Crippen LogP contribution in [0.4, 0.5) is 0 Å². The van der Waals surface area contributed by atoms with Crippen LogP contribution in [0, 0.1) is 17.8 Å². The zero-order chi connectivity index (χ0) is 13.9. The largest absolute Gasteiger partial charge is 0.507 e. The van der Waals surface area contributed by atoms with Crippen LogP contribution in [0.25, 0.3) is 0 Å². The van der Waals surface area contributed by atoms with Gasteiger partial charge < -0.3 is 10.2 Å². The first-order valence-electron chi connectivity index (χ1n) is 7.72. The second-order valence-electron chi connectivity index (χ2n) is 7.32. The van der Waals surface area contributed by atoms with Crippen molar-refractivity contribution < 1.29 is 10.2 Å². The highest BCUT2D eigenvalue weighted by atomic mass is 79.9. The van der Waals surface area contributed by atoms with E-state index in [1.165, 1.54) is 38.5 Å². The van der Waals surface area contributed by atoms with Gasteiger partial charge in [-0.1, -0.05) is 15.9 Å². The highest BCUT2D eigenvalue weighted by Crippen LogP contribution is 2.62. The van der Waals surface area contributed by atoms with Gasteiger partial charge in [0.05, 0.1) is 6.61 Å². The van der Waals surface area contributed by atoms with Gasteiger partial charge in [0.15, 0.2) is 0 Å². The Morgan fingerprint density at radius 1 is 1.05 bits per heavy atom. The molecule has 0 radical (unpaired) electrons. The van der Waals surface area contributed by atoms with Gasteiger partial charge in [0.1, 0.15) is 5.75 Å². The number of rotatable bonds is 2. The van der Waals surface area contributed by atoms with Gasteiger partial charge in [-0.3, -0.25) is 0 Å². The van der Waals surface area contributed by atoms with E-state index in [0.717, 1.165) is 27.8 Å². The molecule has 4 bridgehead atoms. The first-order chi connectivity index (χ1) is 9.59. The summed E-state index contributed by atoms with van der Waals surface area (Å²) in [5.74, 6) is 2.92. The molecule has 0 heterocycles. The Labute approximate surface area is 128 Å². The lowest BCUT2D eigenvalue weighted by atomic mass is 9.48. The molecule has 3 heteroatoms. The van der Waals surface area contributed by atoms with Gasteiger partial charge in [-0.25, -0.2) is 0 Å². The summed E-state index contributed by atoms with van der Waals surface area (Å²) in [7, 11) is 0. The second kappa shape index (κ2) is 4.48. The Balaban J connectivity index is 1.82. The summed E-state index contributed by atoms with van der Waals surface area (Å²) in [6.07, 6.45) is 7.90. The smallest absolute Gasteiger partial charge is 0.124 e. The quantitative estimate of drug-likeness (QED) is 0.852. The van der Waals surface area contributed by atoms with Crippen LogP contribution in [0.2, 0.25) is 0 Å². The molecule has 5 rings (SSSR count). The fourth-order valence-corrected chi connectivity index (χ4v) is 6.13. The van der Waals surface area contributed by atoms with Crippen LogP contribution in [0.15, 0.2) is 16.6 Å². The SMILES string of the molecule is OCc1cc(Br)cc(C23CC4CC(CC(C4)C2)C3)c1O. The van der Waals surface area contributed by atoms with Crippen molar-refractivity contribution in [1.29, 1.82) is 0 Å². The topological polar surface area (TPSA) is 40.5 Å². The normalized spacial score (nSPS) is 38.4. The fraction of sp³-hybridized carbons (Fsp3) is 0.647. The summed E-state index contributed by atoms with van der Waals surface area (Å²) in [5, 5.41) is 20.1. The minimum absolute atomic E-state index is 0.0926. The van der Waals surface area contributed by atoms with Crippen LogP contribution in [0.3, 0.4) is 0 Å². The van der Waals surface area contributed by atoms with E-state index >= 15 is 0 Å². The van der Waals surface area contributed by atoms with Gasteiger partial charge in [-0.2, -0.15) is 0 Å². The average Bonchev–Trinajstić information content (AvgIpc) is 2.39.